The van der Waals surface area contributed by atoms with Gasteiger partial charge in [-0.25, -0.2) is 0 Å². The van der Waals surface area contributed by atoms with Crippen molar-refractivity contribution in [2.24, 2.45) is 0 Å². The van der Waals surface area contributed by atoms with Crippen LogP contribution in [-0.4, -0.2) is 18.3 Å². The van der Waals surface area contributed by atoms with Gasteiger partial charge in [0.25, 0.3) is 0 Å². The fourth-order valence-electron chi connectivity index (χ4n) is 0. The van der Waals surface area contributed by atoms with Crippen LogP contribution in [0.2, 0.25) is 0 Å². The van der Waals surface area contributed by atoms with Gasteiger partial charge in [0.15, 0.2) is 0 Å². The van der Waals surface area contributed by atoms with Crippen LogP contribution in [0.15, 0.2) is 0 Å². The van der Waals surface area contributed by atoms with E-state index in [0.717, 1.165) is 0 Å². The first-order chi connectivity index (χ1) is 1.91. The largest absolute Gasteiger partial charge is 0.676 e. The molecule has 0 aromatic rings. The standard InChI is InChI=1S/C2H6NO.Pt/c3-1-2-4;/h3-4H,1-2H2;/q-1;. The van der Waals surface area contributed by atoms with Crippen LogP contribution < -0.4 is 0 Å². The van der Waals surface area contributed by atoms with Gasteiger partial charge in [0.2, 0.25) is 0 Å². The second kappa shape index (κ2) is 8.82. The van der Waals surface area contributed by atoms with Crippen LogP contribution >= 0.6 is 0 Å². The molecule has 3 heteroatoms. The van der Waals surface area contributed by atoms with Crippen molar-refractivity contribution >= 4 is 0 Å². The molecule has 0 bridgehead atoms. The molecule has 0 rings (SSSR count). The molecule has 0 aliphatic rings. The fraction of sp³-hybridized carbons (Fsp3) is 1.00. The van der Waals surface area contributed by atoms with E-state index in [1.807, 2.05) is 0 Å². The number of hydrogen-bond donors (Lipinski definition) is 1. The van der Waals surface area contributed by atoms with Crippen LogP contribution in [0.25, 0.3) is 5.73 Å². The molecule has 0 saturated carbocycles. The van der Waals surface area contributed by atoms with Gasteiger partial charge >= 0.3 is 0 Å². The van der Waals surface area contributed by atoms with E-state index >= 15 is 0 Å². The maximum Gasteiger partial charge on any atom is 0.0241 e. The van der Waals surface area contributed by atoms with Crippen molar-refractivity contribution in [1.82, 2.24) is 0 Å². The first-order valence-electron chi connectivity index (χ1n) is 1.17. The molecule has 0 atom stereocenters. The Kier molecular flexibility index (Phi) is 16.1. The summed E-state index contributed by atoms with van der Waals surface area (Å²) in [5.74, 6) is 0. The summed E-state index contributed by atoms with van der Waals surface area (Å²) in [5, 5.41) is 7.69. The predicted octanol–water partition coefficient (Wildman–Crippen LogP) is 0.0284. The molecule has 2 N–H and O–H groups in total. The minimum absolute atomic E-state index is 0. The Bertz CT molecular complexity index is 11.6. The van der Waals surface area contributed by atoms with E-state index in [4.69, 9.17) is 10.8 Å². The number of aliphatic hydroxyl groups is 1. The van der Waals surface area contributed by atoms with E-state index in [1.165, 1.54) is 0 Å². The van der Waals surface area contributed by atoms with Crippen LogP contribution in [0.4, 0.5) is 0 Å². The van der Waals surface area contributed by atoms with Gasteiger partial charge in [0.05, 0.1) is 0 Å². The molecule has 2 nitrogen and oxygen atoms in total. The topological polar surface area (TPSA) is 44.0 Å². The van der Waals surface area contributed by atoms with Gasteiger partial charge in [-0.3, -0.25) is 0 Å². The van der Waals surface area contributed by atoms with E-state index in [2.05, 4.69) is 0 Å². The SMILES string of the molecule is [NH-]CCO.[Pt]. The fourth-order valence-corrected chi connectivity index (χ4v) is 0. The van der Waals surface area contributed by atoms with Crippen LogP contribution in [0.1, 0.15) is 0 Å². The zero-order valence-corrected chi connectivity index (χ0v) is 4.95. The Morgan fingerprint density at radius 1 is 1.60 bits per heavy atom. The molecule has 0 unspecified atom stereocenters. The van der Waals surface area contributed by atoms with Crippen molar-refractivity contribution in [3.63, 3.8) is 0 Å². The molecule has 0 aromatic carbocycles. The Morgan fingerprint density at radius 2 is 1.80 bits per heavy atom. The first-order valence-corrected chi connectivity index (χ1v) is 1.17. The van der Waals surface area contributed by atoms with Gasteiger partial charge in [-0.15, -0.1) is 6.54 Å². The maximum absolute atomic E-state index is 7.69. The van der Waals surface area contributed by atoms with Crippen molar-refractivity contribution in [3.8, 4) is 0 Å². The van der Waals surface area contributed by atoms with Gasteiger partial charge in [-0.1, -0.05) is 0 Å². The van der Waals surface area contributed by atoms with Crippen LogP contribution in [0.3, 0.4) is 0 Å². The van der Waals surface area contributed by atoms with Gasteiger partial charge in [0, 0.05) is 27.7 Å². The molecule has 5 heavy (non-hydrogen) atoms. The van der Waals surface area contributed by atoms with Crippen LogP contribution in [0, 0.1) is 0 Å². The molecule has 0 aliphatic carbocycles. The minimum atomic E-state index is -0.0139. The molecule has 0 fully saturated rings. The van der Waals surface area contributed by atoms with E-state index in [-0.39, 0.29) is 34.2 Å². The Labute approximate surface area is 45.6 Å². The summed E-state index contributed by atoms with van der Waals surface area (Å²) in [4.78, 5) is 0. The van der Waals surface area contributed by atoms with Crippen molar-refractivity contribution in [2.45, 2.75) is 0 Å². The summed E-state index contributed by atoms with van der Waals surface area (Å²) in [6.45, 7) is 0.111. The maximum atomic E-state index is 7.69. The zero-order chi connectivity index (χ0) is 3.41. The molecular formula is C2H6NOPt-. The van der Waals surface area contributed by atoms with E-state index in [0.29, 0.717) is 0 Å². The molecule has 0 radical (unpaired) electrons. The molecule has 0 aromatic heterocycles. The Morgan fingerprint density at radius 3 is 1.80 bits per heavy atom. The predicted molar refractivity (Wildman–Crippen MR) is 16.3 cm³/mol. The molecule has 0 heterocycles. The average molecular weight is 255 g/mol. The average Bonchev–Trinajstić information content (AvgIpc) is 1.37. The van der Waals surface area contributed by atoms with Crippen LogP contribution in [0.5, 0.6) is 0 Å². The van der Waals surface area contributed by atoms with E-state index in [1.54, 1.807) is 0 Å². The summed E-state index contributed by atoms with van der Waals surface area (Å²) < 4.78 is 0. The van der Waals surface area contributed by atoms with Gasteiger partial charge < -0.3 is 10.8 Å². The number of aliphatic hydroxyl groups excluding tert-OH is 1. The monoisotopic (exact) mass is 255 g/mol. The Hall–Kier alpha value is 0.608. The van der Waals surface area contributed by atoms with Crippen molar-refractivity contribution in [2.75, 3.05) is 13.2 Å². The molecule has 0 spiro atoms. The van der Waals surface area contributed by atoms with Crippen LogP contribution in [-0.2, 0) is 21.1 Å². The second-order valence-corrected chi connectivity index (χ2v) is 0.474. The molecule has 0 saturated heterocycles. The first kappa shape index (κ1) is 9.15. The van der Waals surface area contributed by atoms with Gasteiger partial charge in [-0.05, 0) is 0 Å². The zero-order valence-electron chi connectivity index (χ0n) is 2.68. The summed E-state index contributed by atoms with van der Waals surface area (Å²) in [6.07, 6.45) is 0. The van der Waals surface area contributed by atoms with Crippen molar-refractivity contribution in [3.05, 3.63) is 5.73 Å². The van der Waals surface area contributed by atoms with E-state index in [9.17, 15) is 0 Å². The third kappa shape index (κ3) is 12.1. The summed E-state index contributed by atoms with van der Waals surface area (Å²) >= 11 is 0. The summed E-state index contributed by atoms with van der Waals surface area (Å²) in [5.41, 5.74) is 6.20. The second-order valence-electron chi connectivity index (χ2n) is 0.474. The molecular weight excluding hydrogens is 249 g/mol. The van der Waals surface area contributed by atoms with E-state index < -0.39 is 0 Å². The smallest absolute Gasteiger partial charge is 0.0241 e. The van der Waals surface area contributed by atoms with Gasteiger partial charge in [0.1, 0.15) is 0 Å². The molecule has 36 valence electrons. The third-order valence-electron chi connectivity index (χ3n) is 0.112. The van der Waals surface area contributed by atoms with Crippen molar-refractivity contribution in [1.29, 1.82) is 0 Å². The number of rotatable bonds is 1. The molecule has 0 amide bonds. The van der Waals surface area contributed by atoms with Gasteiger partial charge in [-0.2, -0.15) is 0 Å². The minimum Gasteiger partial charge on any atom is -0.676 e. The van der Waals surface area contributed by atoms with Crippen molar-refractivity contribution < 1.29 is 26.2 Å². The number of nitrogens with one attached hydrogen (secondary N) is 1. The number of hydrogen-bond acceptors (Lipinski definition) is 1. The summed E-state index contributed by atoms with van der Waals surface area (Å²) in [7, 11) is 0. The quantitative estimate of drug-likeness (QED) is 0.705. The molecule has 0 aliphatic heterocycles. The normalized spacial score (nSPS) is 6.00. The Balaban J connectivity index is 0. The summed E-state index contributed by atoms with van der Waals surface area (Å²) in [6, 6.07) is 0. The third-order valence-corrected chi connectivity index (χ3v) is 0.112.